The van der Waals surface area contributed by atoms with Gasteiger partial charge < -0.3 is 4.90 Å². The van der Waals surface area contributed by atoms with Crippen LogP contribution in [0.3, 0.4) is 0 Å². The van der Waals surface area contributed by atoms with Crippen molar-refractivity contribution in [2.75, 3.05) is 13.6 Å². The predicted octanol–water partition coefficient (Wildman–Crippen LogP) is 2.99. The summed E-state index contributed by atoms with van der Waals surface area (Å²) in [4.78, 5) is 23.3. The van der Waals surface area contributed by atoms with Gasteiger partial charge in [0.05, 0.1) is 11.0 Å². The fourth-order valence-electron chi connectivity index (χ4n) is 1.62. The zero-order valence-electron chi connectivity index (χ0n) is 11.5. The number of hydrogen-bond acceptors (Lipinski definition) is 3. The Balaban J connectivity index is 3.08. The Morgan fingerprint density at radius 3 is 2.40 bits per heavy atom. The molecular formula is C13H16F2N2O3. The average molecular weight is 286 g/mol. The van der Waals surface area contributed by atoms with E-state index in [2.05, 4.69) is 0 Å². The molecule has 20 heavy (non-hydrogen) atoms. The molecule has 0 aliphatic rings. The van der Waals surface area contributed by atoms with Crippen molar-refractivity contribution in [3.63, 3.8) is 0 Å². The van der Waals surface area contributed by atoms with Gasteiger partial charge in [0.15, 0.2) is 11.6 Å². The highest BCUT2D eigenvalue weighted by atomic mass is 19.2. The highest BCUT2D eigenvalue weighted by Gasteiger charge is 2.26. The van der Waals surface area contributed by atoms with Crippen LogP contribution in [0.15, 0.2) is 12.1 Å². The standard InChI is InChI=1S/C13H16F2N2O3/c1-8(2)4-5-16(3)13(18)9-6-10(14)11(15)7-12(9)17(19)20/h6-8H,4-5H2,1-3H3. The Morgan fingerprint density at radius 1 is 1.35 bits per heavy atom. The summed E-state index contributed by atoms with van der Waals surface area (Å²) in [6.45, 7) is 4.32. The highest BCUT2D eigenvalue weighted by Crippen LogP contribution is 2.23. The van der Waals surface area contributed by atoms with Gasteiger partial charge in [-0.05, 0) is 18.4 Å². The van der Waals surface area contributed by atoms with Crippen LogP contribution in [-0.4, -0.2) is 29.3 Å². The summed E-state index contributed by atoms with van der Waals surface area (Å²) in [6.07, 6.45) is 0.708. The third kappa shape index (κ3) is 3.72. The summed E-state index contributed by atoms with van der Waals surface area (Å²) in [5, 5.41) is 10.8. The quantitative estimate of drug-likeness (QED) is 0.617. The lowest BCUT2D eigenvalue weighted by molar-refractivity contribution is -0.385. The lowest BCUT2D eigenvalue weighted by Gasteiger charge is -2.18. The molecule has 0 aromatic heterocycles. The predicted molar refractivity (Wildman–Crippen MR) is 69.4 cm³/mol. The minimum atomic E-state index is -1.35. The maximum atomic E-state index is 13.2. The van der Waals surface area contributed by atoms with Crippen LogP contribution in [-0.2, 0) is 0 Å². The molecule has 0 atom stereocenters. The van der Waals surface area contributed by atoms with Crippen LogP contribution in [0.1, 0.15) is 30.6 Å². The second-order valence-electron chi connectivity index (χ2n) is 4.95. The van der Waals surface area contributed by atoms with Gasteiger partial charge in [-0.15, -0.1) is 0 Å². The van der Waals surface area contributed by atoms with Gasteiger partial charge >= 0.3 is 0 Å². The molecule has 0 heterocycles. The number of nitrogens with zero attached hydrogens (tertiary/aromatic N) is 2. The van der Waals surface area contributed by atoms with Crippen molar-refractivity contribution in [1.82, 2.24) is 4.90 Å². The molecule has 110 valence electrons. The molecule has 0 radical (unpaired) electrons. The number of carbonyl (C=O) groups is 1. The molecule has 0 saturated carbocycles. The van der Waals surface area contributed by atoms with Gasteiger partial charge in [-0.3, -0.25) is 14.9 Å². The highest BCUT2D eigenvalue weighted by molar-refractivity contribution is 5.98. The number of nitro groups is 1. The molecule has 0 N–H and O–H groups in total. The zero-order valence-corrected chi connectivity index (χ0v) is 11.5. The van der Waals surface area contributed by atoms with E-state index in [1.165, 1.54) is 11.9 Å². The molecule has 1 amide bonds. The van der Waals surface area contributed by atoms with Crippen LogP contribution >= 0.6 is 0 Å². The molecular weight excluding hydrogens is 270 g/mol. The van der Waals surface area contributed by atoms with Crippen molar-refractivity contribution in [3.8, 4) is 0 Å². The first kappa shape index (κ1) is 16.0. The molecule has 0 unspecified atom stereocenters. The lowest BCUT2D eigenvalue weighted by atomic mass is 10.1. The normalized spacial score (nSPS) is 10.7. The monoisotopic (exact) mass is 286 g/mol. The van der Waals surface area contributed by atoms with Crippen molar-refractivity contribution < 1.29 is 18.5 Å². The summed E-state index contributed by atoms with van der Waals surface area (Å²) in [5.41, 5.74) is -1.18. The molecule has 0 aliphatic heterocycles. The second kappa shape index (κ2) is 6.40. The molecule has 0 spiro atoms. The molecule has 1 aromatic carbocycles. The Hall–Kier alpha value is -2.05. The SMILES string of the molecule is CC(C)CCN(C)C(=O)c1cc(F)c(F)cc1[N+](=O)[O-]. The van der Waals surface area contributed by atoms with E-state index < -0.39 is 33.7 Å². The van der Waals surface area contributed by atoms with Crippen molar-refractivity contribution in [2.45, 2.75) is 20.3 Å². The fourth-order valence-corrected chi connectivity index (χ4v) is 1.62. The largest absolute Gasteiger partial charge is 0.341 e. The van der Waals surface area contributed by atoms with Gasteiger partial charge in [0, 0.05) is 13.6 Å². The van der Waals surface area contributed by atoms with Gasteiger partial charge in [0.25, 0.3) is 11.6 Å². The van der Waals surface area contributed by atoms with Gasteiger partial charge in [-0.2, -0.15) is 0 Å². The number of halogens is 2. The Bertz CT molecular complexity index is 533. The number of carbonyl (C=O) groups excluding carboxylic acids is 1. The first-order valence-corrected chi connectivity index (χ1v) is 6.13. The molecule has 1 aromatic rings. The van der Waals surface area contributed by atoms with Crippen LogP contribution in [0.5, 0.6) is 0 Å². The second-order valence-corrected chi connectivity index (χ2v) is 4.95. The number of nitro benzene ring substituents is 1. The van der Waals surface area contributed by atoms with Gasteiger partial charge in [0.2, 0.25) is 0 Å². The number of benzene rings is 1. The van der Waals surface area contributed by atoms with E-state index in [-0.39, 0.29) is 0 Å². The maximum Gasteiger partial charge on any atom is 0.285 e. The smallest absolute Gasteiger partial charge is 0.285 e. The Kier molecular flexibility index (Phi) is 5.12. The van der Waals surface area contributed by atoms with Gasteiger partial charge in [0.1, 0.15) is 5.56 Å². The zero-order chi connectivity index (χ0) is 15.4. The summed E-state index contributed by atoms with van der Waals surface area (Å²) in [6, 6.07) is 1.00. The molecule has 0 bridgehead atoms. The molecule has 7 heteroatoms. The number of hydrogen-bond donors (Lipinski definition) is 0. The Morgan fingerprint density at radius 2 is 1.90 bits per heavy atom. The van der Waals surface area contributed by atoms with E-state index in [0.717, 1.165) is 0 Å². The summed E-state index contributed by atoms with van der Waals surface area (Å²) in [7, 11) is 1.47. The van der Waals surface area contributed by atoms with Crippen LogP contribution < -0.4 is 0 Å². The third-order valence-electron chi connectivity index (χ3n) is 2.85. The average Bonchev–Trinajstić information content (AvgIpc) is 2.37. The van der Waals surface area contributed by atoms with Crippen LogP contribution in [0, 0.1) is 27.7 Å². The summed E-state index contributed by atoms with van der Waals surface area (Å²) >= 11 is 0. The molecule has 0 aliphatic carbocycles. The first-order valence-electron chi connectivity index (χ1n) is 6.13. The van der Waals surface area contributed by atoms with Crippen molar-refractivity contribution in [1.29, 1.82) is 0 Å². The summed E-state index contributed by atoms with van der Waals surface area (Å²) in [5.74, 6) is -2.98. The third-order valence-corrected chi connectivity index (χ3v) is 2.85. The van der Waals surface area contributed by atoms with Crippen molar-refractivity contribution in [2.24, 2.45) is 5.92 Å². The van der Waals surface area contributed by atoms with E-state index in [0.29, 0.717) is 31.0 Å². The fraction of sp³-hybridized carbons (Fsp3) is 0.462. The number of rotatable bonds is 5. The van der Waals surface area contributed by atoms with E-state index in [4.69, 9.17) is 0 Å². The van der Waals surface area contributed by atoms with Crippen LogP contribution in [0.2, 0.25) is 0 Å². The summed E-state index contributed by atoms with van der Waals surface area (Å²) < 4.78 is 26.2. The van der Waals surface area contributed by atoms with E-state index >= 15 is 0 Å². The van der Waals surface area contributed by atoms with Crippen LogP contribution in [0.4, 0.5) is 14.5 Å². The minimum absolute atomic E-state index is 0.352. The van der Waals surface area contributed by atoms with Gasteiger partial charge in [-0.1, -0.05) is 13.8 Å². The molecule has 0 fully saturated rings. The minimum Gasteiger partial charge on any atom is -0.341 e. The topological polar surface area (TPSA) is 63.5 Å². The number of amides is 1. The van der Waals surface area contributed by atoms with Crippen LogP contribution in [0.25, 0.3) is 0 Å². The lowest BCUT2D eigenvalue weighted by Crippen LogP contribution is -2.29. The Labute approximate surface area is 115 Å². The van der Waals surface area contributed by atoms with E-state index in [1.807, 2.05) is 13.8 Å². The maximum absolute atomic E-state index is 13.2. The molecule has 0 saturated heterocycles. The molecule has 5 nitrogen and oxygen atoms in total. The van der Waals surface area contributed by atoms with Crippen molar-refractivity contribution in [3.05, 3.63) is 39.4 Å². The van der Waals surface area contributed by atoms with E-state index in [1.54, 1.807) is 0 Å². The molecule has 1 rings (SSSR count). The van der Waals surface area contributed by atoms with Crippen molar-refractivity contribution >= 4 is 11.6 Å². The van der Waals surface area contributed by atoms with Gasteiger partial charge in [-0.25, -0.2) is 8.78 Å². The first-order chi connectivity index (χ1) is 9.23. The van der Waals surface area contributed by atoms with E-state index in [9.17, 15) is 23.7 Å².